The van der Waals surface area contributed by atoms with Crippen LogP contribution in [0.1, 0.15) is 30.2 Å². The van der Waals surface area contributed by atoms with Gasteiger partial charge in [0.25, 0.3) is 5.69 Å². The summed E-state index contributed by atoms with van der Waals surface area (Å²) in [5, 5.41) is 22.6. The van der Waals surface area contributed by atoms with Gasteiger partial charge in [-0.2, -0.15) is 5.26 Å². The Hall–Kier alpha value is -2.95. The van der Waals surface area contributed by atoms with Crippen LogP contribution in [-0.2, 0) is 0 Å². The Kier molecular flexibility index (Phi) is 3.61. The fourth-order valence-electron chi connectivity index (χ4n) is 1.59. The molecular formula is C12H11N5O3. The zero-order valence-corrected chi connectivity index (χ0v) is 10.8. The van der Waals surface area contributed by atoms with Gasteiger partial charge in [0.2, 0.25) is 5.89 Å². The lowest BCUT2D eigenvalue weighted by Gasteiger charge is -2.11. The van der Waals surface area contributed by atoms with Crippen molar-refractivity contribution in [1.82, 2.24) is 9.97 Å². The van der Waals surface area contributed by atoms with E-state index in [1.54, 1.807) is 20.0 Å². The topological polar surface area (TPSA) is 118 Å². The van der Waals surface area contributed by atoms with E-state index in [9.17, 15) is 10.1 Å². The van der Waals surface area contributed by atoms with Crippen molar-refractivity contribution in [3.63, 3.8) is 0 Å². The number of oxazole rings is 1. The minimum atomic E-state index is -0.599. The van der Waals surface area contributed by atoms with Crippen molar-refractivity contribution < 1.29 is 9.34 Å². The molecule has 8 nitrogen and oxygen atoms in total. The van der Waals surface area contributed by atoms with Gasteiger partial charge in [0.1, 0.15) is 35.4 Å². The molecule has 0 aliphatic heterocycles. The van der Waals surface area contributed by atoms with Gasteiger partial charge in [-0.25, -0.2) is 9.97 Å². The number of nitriles is 1. The Balaban J connectivity index is 2.25. The lowest BCUT2D eigenvalue weighted by molar-refractivity contribution is -0.385. The molecule has 102 valence electrons. The van der Waals surface area contributed by atoms with Crippen molar-refractivity contribution in [2.24, 2.45) is 0 Å². The van der Waals surface area contributed by atoms with E-state index in [1.165, 1.54) is 6.07 Å². The highest BCUT2D eigenvalue weighted by Crippen LogP contribution is 2.23. The van der Waals surface area contributed by atoms with Crippen LogP contribution in [0.5, 0.6) is 0 Å². The number of aryl methyl sites for hydroxylation is 1. The van der Waals surface area contributed by atoms with Gasteiger partial charge in [-0.15, -0.1) is 0 Å². The van der Waals surface area contributed by atoms with Gasteiger partial charge in [0, 0.05) is 6.07 Å². The molecule has 0 saturated carbocycles. The van der Waals surface area contributed by atoms with Crippen molar-refractivity contribution in [3.8, 4) is 6.07 Å². The first-order valence-electron chi connectivity index (χ1n) is 5.74. The fourth-order valence-corrected chi connectivity index (χ4v) is 1.59. The monoisotopic (exact) mass is 273 g/mol. The number of hydrogen-bond acceptors (Lipinski definition) is 7. The predicted molar refractivity (Wildman–Crippen MR) is 68.9 cm³/mol. The lowest BCUT2D eigenvalue weighted by Crippen LogP contribution is -2.10. The summed E-state index contributed by atoms with van der Waals surface area (Å²) in [6.45, 7) is 3.56. The lowest BCUT2D eigenvalue weighted by atomic mass is 10.2. The molecule has 2 rings (SSSR count). The standard InChI is InChI=1S/C12H11N5O3/c1-7-5-15-12(20-7)8(2)16-11-9(4-13)3-10(6-14-11)17(18)19/h3,5-6,8H,1-2H3,(H,14,16). The molecule has 0 aromatic carbocycles. The molecule has 0 saturated heterocycles. The number of pyridine rings is 1. The molecule has 8 heteroatoms. The summed E-state index contributed by atoms with van der Waals surface area (Å²) in [5.74, 6) is 1.37. The highest BCUT2D eigenvalue weighted by molar-refractivity contribution is 5.56. The minimum absolute atomic E-state index is 0.0920. The zero-order valence-electron chi connectivity index (χ0n) is 10.8. The molecule has 20 heavy (non-hydrogen) atoms. The normalized spacial score (nSPS) is 11.7. The average Bonchev–Trinajstić information content (AvgIpc) is 2.85. The molecule has 2 aromatic rings. The summed E-state index contributed by atoms with van der Waals surface area (Å²) in [6.07, 6.45) is 2.68. The Morgan fingerprint density at radius 3 is 2.80 bits per heavy atom. The van der Waals surface area contributed by atoms with Gasteiger partial charge in [0.15, 0.2) is 0 Å². The van der Waals surface area contributed by atoms with Crippen molar-refractivity contribution in [2.75, 3.05) is 5.32 Å². The summed E-state index contributed by atoms with van der Waals surface area (Å²) in [5.41, 5.74) is -0.138. The number of nitrogens with one attached hydrogen (secondary N) is 1. The van der Waals surface area contributed by atoms with Crippen LogP contribution in [0.3, 0.4) is 0 Å². The molecule has 0 amide bonds. The van der Waals surface area contributed by atoms with Crippen LogP contribution in [-0.4, -0.2) is 14.9 Å². The Morgan fingerprint density at radius 2 is 2.25 bits per heavy atom. The van der Waals surface area contributed by atoms with Gasteiger partial charge >= 0.3 is 0 Å². The molecule has 0 fully saturated rings. The molecule has 0 aliphatic rings. The van der Waals surface area contributed by atoms with E-state index in [0.29, 0.717) is 11.7 Å². The highest BCUT2D eigenvalue weighted by Gasteiger charge is 2.16. The second-order valence-electron chi connectivity index (χ2n) is 4.13. The summed E-state index contributed by atoms with van der Waals surface area (Å²) in [4.78, 5) is 18.0. The highest BCUT2D eigenvalue weighted by atomic mass is 16.6. The molecule has 1 atom stereocenters. The largest absolute Gasteiger partial charge is 0.444 e. The second kappa shape index (κ2) is 5.36. The maximum Gasteiger partial charge on any atom is 0.289 e. The van der Waals surface area contributed by atoms with Crippen LogP contribution in [0.25, 0.3) is 0 Å². The number of hydrogen-bond donors (Lipinski definition) is 1. The quantitative estimate of drug-likeness (QED) is 0.670. The van der Waals surface area contributed by atoms with Crippen molar-refractivity contribution in [2.45, 2.75) is 19.9 Å². The molecule has 1 unspecified atom stereocenters. The maximum atomic E-state index is 10.6. The van der Waals surface area contributed by atoms with Crippen LogP contribution < -0.4 is 5.32 Å². The summed E-state index contributed by atoms with van der Waals surface area (Å²) in [6, 6.07) is 2.73. The smallest absolute Gasteiger partial charge is 0.289 e. The molecular weight excluding hydrogens is 262 g/mol. The number of anilines is 1. The van der Waals surface area contributed by atoms with E-state index < -0.39 is 4.92 Å². The molecule has 1 N–H and O–H groups in total. The van der Waals surface area contributed by atoms with E-state index in [0.717, 1.165) is 6.20 Å². The summed E-state index contributed by atoms with van der Waals surface area (Å²) >= 11 is 0. The van der Waals surface area contributed by atoms with Gasteiger partial charge in [-0.1, -0.05) is 0 Å². The zero-order chi connectivity index (χ0) is 14.7. The third-order valence-corrected chi connectivity index (χ3v) is 2.57. The third-order valence-electron chi connectivity index (χ3n) is 2.57. The van der Waals surface area contributed by atoms with E-state index in [1.807, 2.05) is 6.07 Å². The number of aromatic nitrogens is 2. The number of rotatable bonds is 4. The van der Waals surface area contributed by atoms with Crippen molar-refractivity contribution in [3.05, 3.63) is 45.8 Å². The Morgan fingerprint density at radius 1 is 1.50 bits per heavy atom. The molecule has 0 bridgehead atoms. The van der Waals surface area contributed by atoms with Crippen molar-refractivity contribution >= 4 is 11.5 Å². The number of nitrogens with zero attached hydrogens (tertiary/aromatic N) is 4. The van der Waals surface area contributed by atoms with Crippen LogP contribution in [0, 0.1) is 28.4 Å². The summed E-state index contributed by atoms with van der Waals surface area (Å²) < 4.78 is 5.36. The van der Waals surface area contributed by atoms with Gasteiger partial charge in [-0.3, -0.25) is 10.1 Å². The van der Waals surface area contributed by atoms with Gasteiger partial charge in [-0.05, 0) is 13.8 Å². The molecule has 0 aliphatic carbocycles. The van der Waals surface area contributed by atoms with Gasteiger partial charge < -0.3 is 9.73 Å². The van der Waals surface area contributed by atoms with E-state index in [2.05, 4.69) is 15.3 Å². The maximum absolute atomic E-state index is 10.6. The van der Waals surface area contributed by atoms with E-state index in [4.69, 9.17) is 9.68 Å². The average molecular weight is 273 g/mol. The van der Waals surface area contributed by atoms with Crippen LogP contribution in [0.2, 0.25) is 0 Å². The fraction of sp³-hybridized carbons (Fsp3) is 0.250. The van der Waals surface area contributed by atoms with Crippen LogP contribution >= 0.6 is 0 Å². The van der Waals surface area contributed by atoms with Gasteiger partial charge in [0.05, 0.1) is 11.1 Å². The first kappa shape index (κ1) is 13.5. The Labute approximate surface area is 114 Å². The van der Waals surface area contributed by atoms with Crippen molar-refractivity contribution in [1.29, 1.82) is 5.26 Å². The first-order valence-corrected chi connectivity index (χ1v) is 5.74. The second-order valence-corrected chi connectivity index (χ2v) is 4.13. The molecule has 2 aromatic heterocycles. The molecule has 0 spiro atoms. The first-order chi connectivity index (χ1) is 9.51. The molecule has 0 radical (unpaired) electrons. The Bertz CT molecular complexity index is 689. The minimum Gasteiger partial charge on any atom is -0.444 e. The molecule has 2 heterocycles. The van der Waals surface area contributed by atoms with Crippen LogP contribution in [0.15, 0.2) is 22.9 Å². The van der Waals surface area contributed by atoms with E-state index >= 15 is 0 Å². The number of nitro groups is 1. The third kappa shape index (κ3) is 2.72. The summed E-state index contributed by atoms with van der Waals surface area (Å²) in [7, 11) is 0. The van der Waals surface area contributed by atoms with Crippen LogP contribution in [0.4, 0.5) is 11.5 Å². The van der Waals surface area contributed by atoms with E-state index in [-0.39, 0.29) is 23.1 Å². The predicted octanol–water partition coefficient (Wildman–Crippen LogP) is 2.33. The SMILES string of the molecule is Cc1cnc(C(C)Nc2ncc([N+](=O)[O-])cc2C#N)o1.